The molecule has 5 nitrogen and oxygen atoms in total. The first kappa shape index (κ1) is 15.5. The fourth-order valence-corrected chi connectivity index (χ4v) is 2.30. The van der Waals surface area contributed by atoms with Gasteiger partial charge in [-0.25, -0.2) is 0 Å². The molecular formula is C11H19ClN4OS. The van der Waals surface area contributed by atoms with Gasteiger partial charge in [-0.15, -0.1) is 0 Å². The van der Waals surface area contributed by atoms with Gasteiger partial charge in [0.15, 0.2) is 5.16 Å². The molecule has 0 fully saturated rings. The molecule has 0 spiro atoms. The number of hydrogen-bond donors (Lipinski definition) is 1. The third kappa shape index (κ3) is 4.26. The summed E-state index contributed by atoms with van der Waals surface area (Å²) in [5.74, 6) is 0.584. The predicted molar refractivity (Wildman–Crippen MR) is 75.4 cm³/mol. The molecule has 0 aliphatic carbocycles. The standard InChI is InChI=1S/C11H19ClN4OS/c1-5-16(6-2)10-13-9(12)14-11(15-10)18-8(4)7(3)17/h7-8,17H,5-6H2,1-4H3. The van der Waals surface area contributed by atoms with E-state index >= 15 is 0 Å². The summed E-state index contributed by atoms with van der Waals surface area (Å²) in [7, 11) is 0. The third-order valence-electron chi connectivity index (χ3n) is 2.59. The highest BCUT2D eigenvalue weighted by Gasteiger charge is 2.15. The quantitative estimate of drug-likeness (QED) is 0.811. The molecule has 1 aromatic rings. The maximum Gasteiger partial charge on any atom is 0.230 e. The topological polar surface area (TPSA) is 62.1 Å². The molecule has 0 aromatic carbocycles. The van der Waals surface area contributed by atoms with E-state index in [-0.39, 0.29) is 10.5 Å². The van der Waals surface area contributed by atoms with Crippen molar-refractivity contribution in [2.45, 2.75) is 44.2 Å². The van der Waals surface area contributed by atoms with Gasteiger partial charge in [0.25, 0.3) is 0 Å². The van der Waals surface area contributed by atoms with Crippen molar-refractivity contribution in [3.63, 3.8) is 0 Å². The lowest BCUT2D eigenvalue weighted by atomic mass is 10.3. The van der Waals surface area contributed by atoms with Crippen LogP contribution in [0.25, 0.3) is 0 Å². The van der Waals surface area contributed by atoms with Gasteiger partial charge in [-0.3, -0.25) is 0 Å². The Labute approximate surface area is 117 Å². The van der Waals surface area contributed by atoms with Crippen LogP contribution in [0.15, 0.2) is 5.16 Å². The van der Waals surface area contributed by atoms with Crippen molar-refractivity contribution in [3.05, 3.63) is 5.28 Å². The molecule has 0 bridgehead atoms. The fourth-order valence-electron chi connectivity index (χ4n) is 1.29. The number of hydrogen-bond acceptors (Lipinski definition) is 6. The van der Waals surface area contributed by atoms with Crippen molar-refractivity contribution in [1.29, 1.82) is 0 Å². The van der Waals surface area contributed by atoms with Crippen LogP contribution in [0.2, 0.25) is 5.28 Å². The average Bonchev–Trinajstić information content (AvgIpc) is 2.29. The first-order chi connectivity index (χ1) is 8.47. The van der Waals surface area contributed by atoms with Crippen molar-refractivity contribution in [3.8, 4) is 0 Å². The van der Waals surface area contributed by atoms with Crippen LogP contribution in [-0.4, -0.2) is 44.5 Å². The highest BCUT2D eigenvalue weighted by molar-refractivity contribution is 7.99. The van der Waals surface area contributed by atoms with E-state index in [9.17, 15) is 5.11 Å². The van der Waals surface area contributed by atoms with E-state index < -0.39 is 6.10 Å². The van der Waals surface area contributed by atoms with Gasteiger partial charge in [0, 0.05) is 18.3 Å². The second kappa shape index (κ2) is 7.11. The molecule has 7 heteroatoms. The maximum atomic E-state index is 9.49. The number of thioether (sulfide) groups is 1. The van der Waals surface area contributed by atoms with Crippen molar-refractivity contribution < 1.29 is 5.11 Å². The summed E-state index contributed by atoms with van der Waals surface area (Å²) < 4.78 is 0. The molecular weight excluding hydrogens is 272 g/mol. The minimum atomic E-state index is -0.428. The van der Waals surface area contributed by atoms with E-state index in [1.165, 1.54) is 11.8 Å². The zero-order valence-electron chi connectivity index (χ0n) is 11.1. The van der Waals surface area contributed by atoms with Crippen LogP contribution >= 0.6 is 23.4 Å². The Morgan fingerprint density at radius 3 is 2.33 bits per heavy atom. The van der Waals surface area contributed by atoms with Crippen molar-refractivity contribution in [2.24, 2.45) is 0 Å². The molecule has 1 aromatic heterocycles. The van der Waals surface area contributed by atoms with Crippen LogP contribution in [0, 0.1) is 0 Å². The molecule has 2 atom stereocenters. The lowest BCUT2D eigenvalue weighted by Crippen LogP contribution is -2.25. The zero-order valence-corrected chi connectivity index (χ0v) is 12.7. The number of rotatable bonds is 6. The molecule has 0 aliphatic rings. The minimum absolute atomic E-state index is 0.00743. The van der Waals surface area contributed by atoms with Gasteiger partial charge >= 0.3 is 0 Å². The van der Waals surface area contributed by atoms with Gasteiger partial charge in [-0.1, -0.05) is 18.7 Å². The normalized spacial score (nSPS) is 14.3. The zero-order chi connectivity index (χ0) is 13.7. The smallest absolute Gasteiger partial charge is 0.230 e. The summed E-state index contributed by atoms with van der Waals surface area (Å²) in [6.07, 6.45) is -0.428. The van der Waals surface area contributed by atoms with E-state index in [0.29, 0.717) is 11.1 Å². The number of aliphatic hydroxyl groups is 1. The summed E-state index contributed by atoms with van der Waals surface area (Å²) in [6, 6.07) is 0. The second-order valence-corrected chi connectivity index (χ2v) is 5.61. The number of aliphatic hydroxyl groups excluding tert-OH is 1. The first-order valence-corrected chi connectivity index (χ1v) is 7.24. The van der Waals surface area contributed by atoms with Gasteiger partial charge in [0.2, 0.25) is 11.2 Å². The Morgan fingerprint density at radius 1 is 1.22 bits per heavy atom. The largest absolute Gasteiger partial charge is 0.392 e. The van der Waals surface area contributed by atoms with Gasteiger partial charge in [0.05, 0.1) is 6.10 Å². The number of halogens is 1. The molecule has 1 heterocycles. The van der Waals surface area contributed by atoms with E-state index in [2.05, 4.69) is 15.0 Å². The van der Waals surface area contributed by atoms with Crippen LogP contribution < -0.4 is 4.90 Å². The molecule has 0 amide bonds. The second-order valence-electron chi connectivity index (χ2n) is 3.92. The summed E-state index contributed by atoms with van der Waals surface area (Å²) in [6.45, 7) is 9.36. The van der Waals surface area contributed by atoms with Gasteiger partial charge in [0.1, 0.15) is 0 Å². The van der Waals surface area contributed by atoms with E-state index in [1.54, 1.807) is 6.92 Å². The van der Waals surface area contributed by atoms with Gasteiger partial charge < -0.3 is 10.0 Å². The molecule has 0 saturated carbocycles. The van der Waals surface area contributed by atoms with Gasteiger partial charge in [-0.2, -0.15) is 15.0 Å². The number of aromatic nitrogens is 3. The summed E-state index contributed by atoms with van der Waals surface area (Å²) in [5.41, 5.74) is 0. The summed E-state index contributed by atoms with van der Waals surface area (Å²) in [5, 5.41) is 10.2. The van der Waals surface area contributed by atoms with E-state index in [4.69, 9.17) is 11.6 Å². The molecule has 1 N–H and O–H groups in total. The number of nitrogens with zero attached hydrogens (tertiary/aromatic N) is 4. The Morgan fingerprint density at radius 2 is 1.83 bits per heavy atom. The summed E-state index contributed by atoms with van der Waals surface area (Å²) in [4.78, 5) is 14.6. The number of anilines is 1. The van der Waals surface area contributed by atoms with Crippen molar-refractivity contribution in [2.75, 3.05) is 18.0 Å². The average molecular weight is 291 g/mol. The highest BCUT2D eigenvalue weighted by Crippen LogP contribution is 2.24. The fraction of sp³-hybridized carbons (Fsp3) is 0.727. The van der Waals surface area contributed by atoms with Gasteiger partial charge in [-0.05, 0) is 32.4 Å². The SMILES string of the molecule is CCN(CC)c1nc(Cl)nc(SC(C)C(C)O)n1. The molecule has 1 rings (SSSR count). The van der Waals surface area contributed by atoms with Crippen LogP contribution in [0.5, 0.6) is 0 Å². The van der Waals surface area contributed by atoms with Crippen LogP contribution in [0.1, 0.15) is 27.7 Å². The Balaban J connectivity index is 2.93. The van der Waals surface area contributed by atoms with Crippen molar-refractivity contribution >= 4 is 29.3 Å². The molecule has 18 heavy (non-hydrogen) atoms. The summed E-state index contributed by atoms with van der Waals surface area (Å²) >= 11 is 7.30. The Hall–Kier alpha value is -0.590. The third-order valence-corrected chi connectivity index (χ3v) is 3.92. The molecule has 102 valence electrons. The van der Waals surface area contributed by atoms with Crippen LogP contribution in [-0.2, 0) is 0 Å². The highest BCUT2D eigenvalue weighted by atomic mass is 35.5. The minimum Gasteiger partial charge on any atom is -0.392 e. The van der Waals surface area contributed by atoms with E-state index in [0.717, 1.165) is 13.1 Å². The lowest BCUT2D eigenvalue weighted by molar-refractivity contribution is 0.196. The Kier molecular flexibility index (Phi) is 6.11. The molecule has 0 radical (unpaired) electrons. The Bertz CT molecular complexity index is 387. The predicted octanol–water partition coefficient (Wildman–Crippen LogP) is 2.23. The monoisotopic (exact) mass is 290 g/mol. The molecule has 0 saturated heterocycles. The van der Waals surface area contributed by atoms with Crippen LogP contribution in [0.4, 0.5) is 5.95 Å². The maximum absolute atomic E-state index is 9.49. The van der Waals surface area contributed by atoms with Crippen LogP contribution in [0.3, 0.4) is 0 Å². The first-order valence-electron chi connectivity index (χ1n) is 5.99. The molecule has 0 aliphatic heterocycles. The lowest BCUT2D eigenvalue weighted by Gasteiger charge is -2.19. The molecule has 2 unspecified atom stereocenters. The van der Waals surface area contributed by atoms with E-state index in [1.807, 2.05) is 25.7 Å². The van der Waals surface area contributed by atoms with Crippen molar-refractivity contribution in [1.82, 2.24) is 15.0 Å².